The van der Waals surface area contributed by atoms with Crippen LogP contribution in [0.4, 0.5) is 5.95 Å². The SMILES string of the molecule is Cc1c2ccccc2c(C)c2c3c(ccc12)C(O)C(O)C(O)C3Nc1nc2c(ncn2C2CC(O)C(COP(=O)(O)O)O2)c(=O)[nH]1. The van der Waals surface area contributed by atoms with Crippen molar-refractivity contribution in [2.75, 3.05) is 11.9 Å². The number of hydrogen-bond donors (Lipinski definition) is 8. The van der Waals surface area contributed by atoms with E-state index in [1.807, 2.05) is 44.2 Å². The molecule has 0 bridgehead atoms. The van der Waals surface area contributed by atoms with E-state index in [1.54, 1.807) is 6.07 Å². The lowest BCUT2D eigenvalue weighted by atomic mass is 9.77. The Balaban J connectivity index is 1.31. The number of H-pyrrole nitrogens is 1. The van der Waals surface area contributed by atoms with E-state index >= 15 is 0 Å². The van der Waals surface area contributed by atoms with E-state index in [9.17, 15) is 29.8 Å². The zero-order valence-electron chi connectivity index (χ0n) is 24.6. The maximum Gasteiger partial charge on any atom is 0.469 e. The summed E-state index contributed by atoms with van der Waals surface area (Å²) in [5, 5.41) is 50.6. The minimum atomic E-state index is -4.80. The van der Waals surface area contributed by atoms with Crippen molar-refractivity contribution in [1.29, 1.82) is 0 Å². The van der Waals surface area contributed by atoms with Crippen LogP contribution in [0.3, 0.4) is 0 Å². The highest BCUT2D eigenvalue weighted by Gasteiger charge is 2.43. The van der Waals surface area contributed by atoms with Crippen molar-refractivity contribution >= 4 is 46.5 Å². The lowest BCUT2D eigenvalue weighted by molar-refractivity contribution is -0.0767. The second-order valence-electron chi connectivity index (χ2n) is 11.8. The smallest absolute Gasteiger partial charge is 0.390 e. The first-order valence-electron chi connectivity index (χ1n) is 14.6. The molecule has 46 heavy (non-hydrogen) atoms. The fourth-order valence-electron chi connectivity index (χ4n) is 6.82. The van der Waals surface area contributed by atoms with Gasteiger partial charge < -0.3 is 40.3 Å². The third-order valence-corrected chi connectivity index (χ3v) is 9.57. The molecule has 3 aromatic carbocycles. The van der Waals surface area contributed by atoms with Gasteiger partial charge in [-0.1, -0.05) is 36.4 Å². The van der Waals surface area contributed by atoms with Gasteiger partial charge in [-0.15, -0.1) is 0 Å². The van der Waals surface area contributed by atoms with E-state index in [2.05, 4.69) is 24.8 Å². The number of aryl methyl sites for hydroxylation is 2. The number of nitrogens with zero attached hydrogens (tertiary/aromatic N) is 3. The molecule has 242 valence electrons. The number of benzene rings is 3. The summed E-state index contributed by atoms with van der Waals surface area (Å²) in [6.07, 6.45) is -6.22. The Morgan fingerprint density at radius 1 is 1.04 bits per heavy atom. The topological polar surface area (TPSA) is 233 Å². The zero-order chi connectivity index (χ0) is 32.7. The number of rotatable bonds is 6. The van der Waals surface area contributed by atoms with Gasteiger partial charge in [0.25, 0.3) is 5.56 Å². The van der Waals surface area contributed by atoms with Crippen LogP contribution < -0.4 is 10.9 Å². The minimum absolute atomic E-state index is 0.00471. The van der Waals surface area contributed by atoms with Crippen molar-refractivity contribution in [1.82, 2.24) is 19.5 Å². The van der Waals surface area contributed by atoms with Crippen molar-refractivity contribution in [2.24, 2.45) is 0 Å². The number of ether oxygens (including phenoxy) is 1. The summed E-state index contributed by atoms with van der Waals surface area (Å²) in [7, 11) is -4.80. The molecule has 8 N–H and O–H groups in total. The number of aromatic amines is 1. The van der Waals surface area contributed by atoms with Crippen LogP contribution in [0, 0.1) is 13.8 Å². The molecule has 0 saturated carbocycles. The van der Waals surface area contributed by atoms with Crippen molar-refractivity contribution in [2.45, 2.75) is 63.1 Å². The van der Waals surface area contributed by atoms with E-state index < -0.39 is 62.8 Å². The molecule has 0 spiro atoms. The molecule has 2 aliphatic rings. The summed E-state index contributed by atoms with van der Waals surface area (Å²) in [5.74, 6) is -0.0649. The van der Waals surface area contributed by atoms with Gasteiger partial charge in [0.1, 0.15) is 30.6 Å². The Hall–Kier alpha value is -3.76. The first-order valence-corrected chi connectivity index (χ1v) is 16.1. The fraction of sp³-hybridized carbons (Fsp3) is 0.367. The van der Waals surface area contributed by atoms with Gasteiger partial charge in [-0.2, -0.15) is 4.98 Å². The van der Waals surface area contributed by atoms with Gasteiger partial charge in [0.2, 0.25) is 5.95 Å². The van der Waals surface area contributed by atoms with Gasteiger partial charge >= 0.3 is 7.82 Å². The molecule has 16 heteroatoms. The number of phosphoric ester groups is 1. The molecular formula is C30H32N5O10P. The lowest BCUT2D eigenvalue weighted by Crippen LogP contribution is -2.45. The number of aromatic nitrogens is 4. The van der Waals surface area contributed by atoms with Crippen molar-refractivity contribution in [3.05, 3.63) is 75.3 Å². The van der Waals surface area contributed by atoms with Crippen LogP contribution >= 0.6 is 7.82 Å². The van der Waals surface area contributed by atoms with Crippen LogP contribution in [0.15, 0.2) is 47.5 Å². The maximum atomic E-state index is 13.2. The Kier molecular flexibility index (Phi) is 7.51. The molecule has 7 rings (SSSR count). The average molecular weight is 654 g/mol. The number of hydrogen-bond acceptors (Lipinski definition) is 11. The highest BCUT2D eigenvalue weighted by Crippen LogP contribution is 2.45. The quantitative estimate of drug-likeness (QED) is 0.0965. The summed E-state index contributed by atoms with van der Waals surface area (Å²) >= 11 is 0. The molecule has 1 aliphatic heterocycles. The molecule has 2 aromatic heterocycles. The Morgan fingerprint density at radius 2 is 1.76 bits per heavy atom. The molecule has 15 nitrogen and oxygen atoms in total. The molecule has 0 radical (unpaired) electrons. The molecule has 0 amide bonds. The number of anilines is 1. The molecule has 3 heterocycles. The second kappa shape index (κ2) is 11.2. The maximum absolute atomic E-state index is 13.2. The predicted molar refractivity (Wildman–Crippen MR) is 165 cm³/mol. The summed E-state index contributed by atoms with van der Waals surface area (Å²) in [4.78, 5) is 42.5. The summed E-state index contributed by atoms with van der Waals surface area (Å²) in [6.45, 7) is 3.40. The van der Waals surface area contributed by atoms with Gasteiger partial charge in [-0.3, -0.25) is 18.9 Å². The summed E-state index contributed by atoms with van der Waals surface area (Å²) in [5.41, 5.74) is 2.32. The van der Waals surface area contributed by atoms with Crippen LogP contribution in [0.1, 0.15) is 47.0 Å². The number of aliphatic hydroxyl groups excluding tert-OH is 4. The van der Waals surface area contributed by atoms with Crippen molar-refractivity contribution in [3.63, 3.8) is 0 Å². The first kappa shape index (κ1) is 30.9. The Labute approximate surface area is 260 Å². The van der Waals surface area contributed by atoms with Gasteiger partial charge in [0.15, 0.2) is 11.2 Å². The van der Waals surface area contributed by atoms with E-state index in [0.717, 1.165) is 32.7 Å². The number of fused-ring (bicyclic) bond motifs is 5. The Morgan fingerprint density at radius 3 is 2.48 bits per heavy atom. The van der Waals surface area contributed by atoms with Crippen LogP contribution in [-0.2, 0) is 13.8 Å². The lowest BCUT2D eigenvalue weighted by Gasteiger charge is -2.39. The molecule has 5 aromatic rings. The third-order valence-electron chi connectivity index (χ3n) is 9.08. The monoisotopic (exact) mass is 653 g/mol. The molecule has 1 fully saturated rings. The average Bonchev–Trinajstić information content (AvgIpc) is 3.62. The van der Waals surface area contributed by atoms with Crippen LogP contribution in [0.5, 0.6) is 0 Å². The van der Waals surface area contributed by atoms with Gasteiger partial charge in [-0.25, -0.2) is 9.55 Å². The zero-order valence-corrected chi connectivity index (χ0v) is 25.5. The van der Waals surface area contributed by atoms with Crippen molar-refractivity contribution in [3.8, 4) is 0 Å². The fourth-order valence-corrected chi connectivity index (χ4v) is 7.16. The second-order valence-corrected chi connectivity index (χ2v) is 13.0. The van der Waals surface area contributed by atoms with E-state index in [4.69, 9.17) is 14.5 Å². The normalized spacial score (nSPS) is 26.7. The summed E-state index contributed by atoms with van der Waals surface area (Å²) in [6, 6.07) is 10.5. The van der Waals surface area contributed by atoms with E-state index in [1.165, 1.54) is 10.9 Å². The number of imidazole rings is 1. The number of phosphoric acid groups is 1. The van der Waals surface area contributed by atoms with Gasteiger partial charge in [0.05, 0.1) is 25.1 Å². The van der Waals surface area contributed by atoms with Crippen LogP contribution in [0.2, 0.25) is 0 Å². The van der Waals surface area contributed by atoms with Crippen molar-refractivity contribution < 1.29 is 44.0 Å². The van der Waals surface area contributed by atoms with Crippen LogP contribution in [-0.4, -0.2) is 80.8 Å². The highest BCUT2D eigenvalue weighted by molar-refractivity contribution is 7.46. The number of nitrogens with one attached hydrogen (secondary N) is 2. The molecular weight excluding hydrogens is 621 g/mol. The van der Waals surface area contributed by atoms with E-state index in [-0.39, 0.29) is 23.5 Å². The van der Waals surface area contributed by atoms with E-state index in [0.29, 0.717) is 11.1 Å². The van der Waals surface area contributed by atoms with Gasteiger partial charge in [0, 0.05) is 6.42 Å². The third kappa shape index (κ3) is 5.01. The minimum Gasteiger partial charge on any atom is -0.390 e. The summed E-state index contributed by atoms with van der Waals surface area (Å²) < 4.78 is 22.8. The van der Waals surface area contributed by atoms with Gasteiger partial charge in [-0.05, 0) is 57.6 Å². The highest BCUT2D eigenvalue weighted by atomic mass is 31.2. The standard InChI is InChI=1S/C30H32N5O10P/c1-12-14-5-3-4-6-15(14)13(2)21-16(12)7-8-17-22(21)23(26(38)27(39)25(17)37)32-30-33-28-24(29(40)34-30)31-11-35(28)20-9-18(36)19(45-20)10-44-46(41,42)43/h3-8,11,18-20,23,25-27,36-39H,9-10H2,1-2H3,(H2,41,42,43)(H2,32,33,34,40). The molecule has 7 atom stereocenters. The largest absolute Gasteiger partial charge is 0.469 e. The molecule has 1 aliphatic carbocycles. The first-order chi connectivity index (χ1) is 21.8. The van der Waals surface area contributed by atoms with Crippen LogP contribution in [0.25, 0.3) is 32.7 Å². The number of aliphatic hydroxyl groups is 4. The molecule has 1 saturated heterocycles. The molecule has 7 unspecified atom stereocenters. The predicted octanol–water partition coefficient (Wildman–Crippen LogP) is 1.72. The Bertz CT molecular complexity index is 2110.